The van der Waals surface area contributed by atoms with Gasteiger partial charge in [-0.3, -0.25) is 24.0 Å². The number of allylic oxidation sites excluding steroid dienone is 4. The molecule has 0 radical (unpaired) electrons. The summed E-state index contributed by atoms with van der Waals surface area (Å²) >= 11 is 0. The lowest BCUT2D eigenvalue weighted by Gasteiger charge is -2.38. The summed E-state index contributed by atoms with van der Waals surface area (Å²) in [4.78, 5) is 81.7. The molecular weight excluding hydrogens is 769 g/mol. The van der Waals surface area contributed by atoms with Gasteiger partial charge in [-0.2, -0.15) is 0 Å². The molecule has 314 valence electrons. The second-order valence-corrected chi connectivity index (χ2v) is 15.3. The third-order valence-electron chi connectivity index (χ3n) is 11.1. The number of rotatable bonds is 4. The summed E-state index contributed by atoms with van der Waals surface area (Å²) in [6.07, 6.45) is 3.95. The second-order valence-electron chi connectivity index (χ2n) is 15.3. The van der Waals surface area contributed by atoms with Crippen LogP contribution in [0.2, 0.25) is 0 Å². The Hall–Kier alpha value is -5.77. The van der Waals surface area contributed by atoms with Gasteiger partial charge in [0.15, 0.2) is 5.78 Å². The Morgan fingerprint density at radius 1 is 0.898 bits per heavy atom. The summed E-state index contributed by atoms with van der Waals surface area (Å²) in [5, 5.41) is 25.2. The first-order valence-electron chi connectivity index (χ1n) is 19.0. The number of ether oxygens (including phenoxy) is 5. The van der Waals surface area contributed by atoms with Gasteiger partial charge in [-0.1, -0.05) is 45.9 Å². The van der Waals surface area contributed by atoms with Crippen LogP contribution in [0.4, 0.5) is 4.39 Å². The zero-order valence-electron chi connectivity index (χ0n) is 34.2. The third kappa shape index (κ3) is 8.82. The molecule has 3 heterocycles. The quantitative estimate of drug-likeness (QED) is 0.266. The smallest absolute Gasteiger partial charge is 0.343 e. The van der Waals surface area contributed by atoms with Crippen LogP contribution in [-0.4, -0.2) is 82.7 Å². The normalized spacial score (nSPS) is 30.8. The number of aliphatic hydroxyl groups excluding tert-OH is 2. The summed E-state index contributed by atoms with van der Waals surface area (Å²) in [6.45, 7) is 12.1. The van der Waals surface area contributed by atoms with Gasteiger partial charge in [0, 0.05) is 61.8 Å². The molecule has 9 atom stereocenters. The number of nitrogens with one attached hydrogen (secondary N) is 1. The lowest BCUT2D eigenvalue weighted by Crippen LogP contribution is -2.46. The molecule has 1 aliphatic carbocycles. The number of esters is 2. The van der Waals surface area contributed by atoms with Gasteiger partial charge in [0.2, 0.25) is 5.78 Å². The number of carbonyl (C=O) groups excluding carboxylic acids is 6. The lowest BCUT2D eigenvalue weighted by molar-refractivity contribution is -0.160. The molecule has 0 aromatic heterocycles. The zero-order chi connectivity index (χ0) is 43.7. The standard InChI is InChI=1S/C44H48FNO13/c1-20-11-10-12-21(2)42(53)46-29-19-30(48)32-33(37(29)51)39(58-43(54)27-13-15-28(45)16-14-27)25(6)40-34(32)41(52)44(8,59-40)56-18-17-31(55-9)22(3)38(57-26(7)47)24(5)36(50)23(4)35(20)49/h10-20,22-24,31,35-36,38,49-50H,1-9H3,(H,46,53)/b11-10+,18-17-,21-12-/t20-,22+,23+,24+,31+,35-,36+,38+,44-/m0/s1. The molecule has 5 bridgehead atoms. The van der Waals surface area contributed by atoms with Gasteiger partial charge in [0.25, 0.3) is 11.7 Å². The van der Waals surface area contributed by atoms with Crippen molar-refractivity contribution in [2.45, 2.75) is 85.6 Å². The van der Waals surface area contributed by atoms with Crippen molar-refractivity contribution in [2.24, 2.45) is 23.7 Å². The van der Waals surface area contributed by atoms with Crippen molar-refractivity contribution < 1.29 is 67.1 Å². The van der Waals surface area contributed by atoms with E-state index in [9.17, 15) is 43.4 Å². The molecule has 3 N–H and O–H groups in total. The predicted molar refractivity (Wildman–Crippen MR) is 209 cm³/mol. The summed E-state index contributed by atoms with van der Waals surface area (Å²) in [5.74, 6) is -11.2. The topological polar surface area (TPSA) is 201 Å². The van der Waals surface area contributed by atoms with E-state index in [0.29, 0.717) is 0 Å². The summed E-state index contributed by atoms with van der Waals surface area (Å²) in [7, 11) is 1.40. The lowest BCUT2D eigenvalue weighted by atomic mass is 9.78. The summed E-state index contributed by atoms with van der Waals surface area (Å²) < 4.78 is 42.9. The van der Waals surface area contributed by atoms with E-state index < -0.39 is 117 Å². The molecule has 6 rings (SSSR count). The predicted octanol–water partition coefficient (Wildman–Crippen LogP) is 5.28. The number of methoxy groups -OCH3 is 1. The molecule has 2 aromatic rings. The minimum Gasteiger partial charge on any atom is -0.462 e. The molecule has 0 unspecified atom stereocenters. The second kappa shape index (κ2) is 17.6. The van der Waals surface area contributed by atoms with Crippen LogP contribution in [0.1, 0.15) is 95.5 Å². The van der Waals surface area contributed by atoms with E-state index in [1.165, 1.54) is 53.0 Å². The molecule has 2 aromatic carbocycles. The van der Waals surface area contributed by atoms with E-state index in [0.717, 1.165) is 36.6 Å². The molecule has 0 saturated carbocycles. The van der Waals surface area contributed by atoms with Crippen molar-refractivity contribution in [3.05, 3.63) is 106 Å². The minimum atomic E-state index is -2.15. The van der Waals surface area contributed by atoms with Crippen molar-refractivity contribution in [3.8, 4) is 11.5 Å². The van der Waals surface area contributed by atoms with Crippen LogP contribution in [0, 0.1) is 36.4 Å². The number of benzene rings is 2. The average Bonchev–Trinajstić information content (AvgIpc) is 3.46. The number of aliphatic hydroxyl groups is 2. The number of hydrogen-bond acceptors (Lipinski definition) is 13. The van der Waals surface area contributed by atoms with Crippen LogP contribution >= 0.6 is 0 Å². The van der Waals surface area contributed by atoms with Crippen molar-refractivity contribution >= 4 is 35.2 Å². The number of halogens is 1. The highest BCUT2D eigenvalue weighted by Gasteiger charge is 2.52. The Kier molecular flexibility index (Phi) is 13.2. The van der Waals surface area contributed by atoms with Crippen LogP contribution in [0.3, 0.4) is 0 Å². The van der Waals surface area contributed by atoms with E-state index in [1.807, 2.05) is 0 Å². The van der Waals surface area contributed by atoms with Crippen molar-refractivity contribution in [1.29, 1.82) is 0 Å². The fraction of sp³-hybridized carbons (Fsp3) is 0.409. The summed E-state index contributed by atoms with van der Waals surface area (Å²) in [5.41, 5.74) is -1.80. The highest BCUT2D eigenvalue weighted by atomic mass is 19.1. The van der Waals surface area contributed by atoms with E-state index in [2.05, 4.69) is 5.32 Å². The molecule has 1 amide bonds. The number of carbonyl (C=O) groups is 6. The number of Topliss-reactive ketones (excluding diaryl/α,β-unsaturated/α-hetero) is 2. The molecule has 0 saturated heterocycles. The van der Waals surface area contributed by atoms with Gasteiger partial charge in [0.05, 0.1) is 52.5 Å². The molecule has 4 aliphatic rings. The van der Waals surface area contributed by atoms with Crippen LogP contribution in [0.15, 0.2) is 72.2 Å². The molecule has 15 heteroatoms. The van der Waals surface area contributed by atoms with Crippen LogP contribution in [0.25, 0.3) is 0 Å². The van der Waals surface area contributed by atoms with Crippen LogP contribution in [-0.2, 0) is 23.8 Å². The van der Waals surface area contributed by atoms with Gasteiger partial charge in [-0.05, 0) is 44.2 Å². The highest BCUT2D eigenvalue weighted by molar-refractivity contribution is 6.31. The fourth-order valence-corrected chi connectivity index (χ4v) is 7.47. The van der Waals surface area contributed by atoms with Gasteiger partial charge in [-0.15, -0.1) is 0 Å². The van der Waals surface area contributed by atoms with E-state index in [1.54, 1.807) is 33.8 Å². The minimum absolute atomic E-state index is 0.0370. The van der Waals surface area contributed by atoms with Crippen molar-refractivity contribution in [2.75, 3.05) is 7.11 Å². The maximum absolute atomic E-state index is 14.3. The van der Waals surface area contributed by atoms with Crippen molar-refractivity contribution in [3.63, 3.8) is 0 Å². The maximum Gasteiger partial charge on any atom is 0.343 e. The van der Waals surface area contributed by atoms with E-state index in [-0.39, 0.29) is 28.0 Å². The number of fused-ring (bicyclic) bond motifs is 14. The first-order valence-corrected chi connectivity index (χ1v) is 19.0. The Labute approximate surface area is 340 Å². The van der Waals surface area contributed by atoms with Gasteiger partial charge >= 0.3 is 17.7 Å². The average molecular weight is 818 g/mol. The SMILES string of the molecule is CO[C@@H]1/C=C\O[C@@]2(C)Oc3c(C)c(OC(=O)c4ccc(F)cc4)c4c(c3C2=O)C(=O)C=C(NC(=O)/C(C)=C\C=C\[C@H](C)[C@H](O)[C@@H](C)[C@@H](O)[C@@H](C)[C@H](OC(C)=O)[C@@H]1C)C4=O. The van der Waals surface area contributed by atoms with Crippen LogP contribution < -0.4 is 14.8 Å². The molecular formula is C44H48FNO13. The Balaban J connectivity index is 1.65. The van der Waals surface area contributed by atoms with Gasteiger partial charge < -0.3 is 39.2 Å². The maximum atomic E-state index is 14.3. The largest absolute Gasteiger partial charge is 0.462 e. The Morgan fingerprint density at radius 2 is 1.56 bits per heavy atom. The van der Waals surface area contributed by atoms with Gasteiger partial charge in [0.1, 0.15) is 23.4 Å². The first-order chi connectivity index (χ1) is 27.7. The van der Waals surface area contributed by atoms with Gasteiger partial charge in [-0.25, -0.2) is 9.18 Å². The monoisotopic (exact) mass is 817 g/mol. The number of amides is 1. The highest BCUT2D eigenvalue weighted by Crippen LogP contribution is 2.48. The molecule has 0 spiro atoms. The zero-order valence-corrected chi connectivity index (χ0v) is 34.2. The van der Waals surface area contributed by atoms with Crippen molar-refractivity contribution in [1.82, 2.24) is 5.32 Å². The third-order valence-corrected chi connectivity index (χ3v) is 11.1. The Bertz CT molecular complexity index is 2190. The Morgan fingerprint density at radius 3 is 2.19 bits per heavy atom. The molecule has 14 nitrogen and oxygen atoms in total. The molecule has 0 fully saturated rings. The van der Waals surface area contributed by atoms with E-state index in [4.69, 9.17) is 23.7 Å². The number of ketones is 3. The number of hydrogen-bond donors (Lipinski definition) is 3. The van der Waals surface area contributed by atoms with Crippen LogP contribution in [0.5, 0.6) is 11.5 Å². The molecule has 59 heavy (non-hydrogen) atoms. The fourth-order valence-electron chi connectivity index (χ4n) is 7.47. The summed E-state index contributed by atoms with van der Waals surface area (Å²) in [6, 6.07) is 4.37. The molecule has 3 aliphatic heterocycles. The van der Waals surface area contributed by atoms with E-state index >= 15 is 0 Å². The first kappa shape index (κ1) is 44.3.